The molecule has 5 heteroatoms. The smallest absolute Gasteiger partial charge is 0.339 e. The summed E-state index contributed by atoms with van der Waals surface area (Å²) in [5, 5.41) is 9.64. The first kappa shape index (κ1) is 13.9. The number of pyridine rings is 1. The maximum Gasteiger partial charge on any atom is 0.339 e. The molecular weight excluding hydrogens is 288 g/mol. The third kappa shape index (κ3) is 2.85. The summed E-state index contributed by atoms with van der Waals surface area (Å²) in [5.41, 5.74) is 2.84. The third-order valence-corrected chi connectivity index (χ3v) is 4.00. The highest BCUT2D eigenvalue weighted by Crippen LogP contribution is 2.24. The summed E-state index contributed by atoms with van der Waals surface area (Å²) in [6.45, 7) is 1.48. The first-order valence-corrected chi connectivity index (χ1v) is 7.24. The van der Waals surface area contributed by atoms with Crippen LogP contribution in [0.3, 0.4) is 0 Å². The zero-order chi connectivity index (χ0) is 14.8. The second-order valence-corrected chi connectivity index (χ2v) is 5.45. The van der Waals surface area contributed by atoms with Crippen LogP contribution in [0.15, 0.2) is 36.4 Å². The van der Waals surface area contributed by atoms with Crippen molar-refractivity contribution in [2.24, 2.45) is 0 Å². The number of benzene rings is 1. The van der Waals surface area contributed by atoms with Gasteiger partial charge in [-0.1, -0.05) is 35.9 Å². The maximum absolute atomic E-state index is 11.4. The molecule has 0 fully saturated rings. The van der Waals surface area contributed by atoms with E-state index in [4.69, 9.17) is 11.6 Å². The SMILES string of the molecule is O=C(O)c1ccc(Cl)nc1N1CCc2ccccc2CC1. The first-order valence-electron chi connectivity index (χ1n) is 6.87. The van der Waals surface area contributed by atoms with Crippen LogP contribution in [0.5, 0.6) is 0 Å². The van der Waals surface area contributed by atoms with Gasteiger partial charge in [0.25, 0.3) is 0 Å². The summed E-state index contributed by atoms with van der Waals surface area (Å²) in [6.07, 6.45) is 1.76. The van der Waals surface area contributed by atoms with Gasteiger partial charge in [0.2, 0.25) is 0 Å². The fourth-order valence-corrected chi connectivity index (χ4v) is 2.86. The number of hydrogen-bond donors (Lipinski definition) is 1. The van der Waals surface area contributed by atoms with E-state index in [1.165, 1.54) is 23.3 Å². The molecule has 2 heterocycles. The lowest BCUT2D eigenvalue weighted by Crippen LogP contribution is -2.28. The number of carboxylic acid groups (broad SMARTS) is 1. The summed E-state index contributed by atoms with van der Waals surface area (Å²) in [5.74, 6) is -0.515. The fraction of sp³-hybridized carbons (Fsp3) is 0.250. The molecule has 108 valence electrons. The molecule has 0 bridgehead atoms. The van der Waals surface area contributed by atoms with Crippen LogP contribution in [0, 0.1) is 0 Å². The molecule has 2 aromatic rings. The molecule has 0 spiro atoms. The van der Waals surface area contributed by atoms with Gasteiger partial charge in [0.1, 0.15) is 16.5 Å². The summed E-state index contributed by atoms with van der Waals surface area (Å²) >= 11 is 5.94. The molecule has 0 atom stereocenters. The number of rotatable bonds is 2. The van der Waals surface area contributed by atoms with Gasteiger partial charge in [0, 0.05) is 13.1 Å². The van der Waals surface area contributed by atoms with Crippen molar-refractivity contribution in [3.8, 4) is 0 Å². The molecule has 1 aromatic heterocycles. The van der Waals surface area contributed by atoms with Gasteiger partial charge >= 0.3 is 5.97 Å². The Bertz CT molecular complexity index is 661. The second kappa shape index (κ2) is 5.74. The normalized spacial score (nSPS) is 14.4. The standard InChI is InChI=1S/C16H15ClN2O2/c17-14-6-5-13(16(20)21)15(18-14)19-9-7-11-3-1-2-4-12(11)8-10-19/h1-6H,7-10H2,(H,20,21). The Morgan fingerprint density at radius 1 is 1.10 bits per heavy atom. The van der Waals surface area contributed by atoms with E-state index < -0.39 is 5.97 Å². The lowest BCUT2D eigenvalue weighted by Gasteiger charge is -2.23. The number of carbonyl (C=O) groups is 1. The first-order chi connectivity index (χ1) is 10.1. The maximum atomic E-state index is 11.4. The van der Waals surface area contributed by atoms with Crippen molar-refractivity contribution >= 4 is 23.4 Å². The Kier molecular flexibility index (Phi) is 3.80. The van der Waals surface area contributed by atoms with Crippen LogP contribution < -0.4 is 4.90 Å². The molecule has 0 aliphatic carbocycles. The Balaban J connectivity index is 1.93. The minimum absolute atomic E-state index is 0.199. The molecule has 0 saturated carbocycles. The molecule has 0 saturated heterocycles. The molecule has 1 N–H and O–H groups in total. The van der Waals surface area contributed by atoms with Gasteiger partial charge in [-0.3, -0.25) is 0 Å². The van der Waals surface area contributed by atoms with Crippen molar-refractivity contribution in [1.82, 2.24) is 4.98 Å². The average Bonchev–Trinajstić information content (AvgIpc) is 2.69. The quantitative estimate of drug-likeness (QED) is 0.866. The Morgan fingerprint density at radius 3 is 2.29 bits per heavy atom. The number of nitrogens with zero attached hydrogens (tertiary/aromatic N) is 2. The van der Waals surface area contributed by atoms with Gasteiger partial charge in [-0.2, -0.15) is 0 Å². The minimum atomic E-state index is -0.976. The average molecular weight is 303 g/mol. The van der Waals surface area contributed by atoms with E-state index in [1.54, 1.807) is 0 Å². The molecule has 0 radical (unpaired) electrons. The van der Waals surface area contributed by atoms with E-state index in [-0.39, 0.29) is 5.56 Å². The van der Waals surface area contributed by atoms with Gasteiger partial charge in [-0.15, -0.1) is 0 Å². The van der Waals surface area contributed by atoms with E-state index in [0.29, 0.717) is 11.0 Å². The van der Waals surface area contributed by atoms with Crippen LogP contribution in [-0.4, -0.2) is 29.1 Å². The molecule has 0 unspecified atom stereocenters. The molecule has 1 aliphatic rings. The van der Waals surface area contributed by atoms with E-state index in [9.17, 15) is 9.90 Å². The van der Waals surface area contributed by atoms with Crippen LogP contribution in [0.1, 0.15) is 21.5 Å². The molecule has 1 aliphatic heterocycles. The predicted molar refractivity (Wildman–Crippen MR) is 82.3 cm³/mol. The van der Waals surface area contributed by atoms with Gasteiger partial charge in [-0.25, -0.2) is 9.78 Å². The number of carboxylic acids is 1. The molecular formula is C16H15ClN2O2. The number of aromatic nitrogens is 1. The highest BCUT2D eigenvalue weighted by molar-refractivity contribution is 6.29. The zero-order valence-corrected chi connectivity index (χ0v) is 12.2. The lowest BCUT2D eigenvalue weighted by atomic mass is 10.0. The van der Waals surface area contributed by atoms with Crippen LogP contribution in [0.2, 0.25) is 5.15 Å². The topological polar surface area (TPSA) is 53.4 Å². The summed E-state index contributed by atoms with van der Waals surface area (Å²) in [7, 11) is 0. The fourth-order valence-electron chi connectivity index (χ4n) is 2.71. The predicted octanol–water partition coefficient (Wildman–Crippen LogP) is 3.04. The summed E-state index contributed by atoms with van der Waals surface area (Å²) < 4.78 is 0. The lowest BCUT2D eigenvalue weighted by molar-refractivity contribution is 0.0697. The van der Waals surface area contributed by atoms with Crippen LogP contribution in [-0.2, 0) is 12.8 Å². The summed E-state index contributed by atoms with van der Waals surface area (Å²) in [4.78, 5) is 17.6. The van der Waals surface area contributed by atoms with Crippen LogP contribution in [0.25, 0.3) is 0 Å². The van der Waals surface area contributed by atoms with Crippen molar-refractivity contribution < 1.29 is 9.90 Å². The zero-order valence-electron chi connectivity index (χ0n) is 11.4. The van der Waals surface area contributed by atoms with Crippen LogP contribution in [0.4, 0.5) is 5.82 Å². The molecule has 21 heavy (non-hydrogen) atoms. The Labute approximate surface area is 128 Å². The van der Waals surface area contributed by atoms with Crippen molar-refractivity contribution in [2.75, 3.05) is 18.0 Å². The molecule has 0 amide bonds. The molecule has 3 rings (SSSR count). The van der Waals surface area contributed by atoms with Crippen molar-refractivity contribution in [1.29, 1.82) is 0 Å². The van der Waals surface area contributed by atoms with Crippen LogP contribution >= 0.6 is 11.6 Å². The summed E-state index contributed by atoms with van der Waals surface area (Å²) in [6, 6.07) is 11.4. The molecule has 1 aromatic carbocycles. The van der Waals surface area contributed by atoms with Gasteiger partial charge in [0.15, 0.2) is 0 Å². The number of aromatic carboxylic acids is 1. The number of halogens is 1. The van der Waals surface area contributed by atoms with E-state index in [1.807, 2.05) is 17.0 Å². The molecule has 4 nitrogen and oxygen atoms in total. The second-order valence-electron chi connectivity index (χ2n) is 5.07. The number of anilines is 1. The highest BCUT2D eigenvalue weighted by Gasteiger charge is 2.20. The monoisotopic (exact) mass is 302 g/mol. The number of hydrogen-bond acceptors (Lipinski definition) is 3. The largest absolute Gasteiger partial charge is 0.478 e. The van der Waals surface area contributed by atoms with Crippen molar-refractivity contribution in [3.05, 3.63) is 58.2 Å². The van der Waals surface area contributed by atoms with Crippen molar-refractivity contribution in [2.45, 2.75) is 12.8 Å². The van der Waals surface area contributed by atoms with E-state index in [2.05, 4.69) is 17.1 Å². The number of fused-ring (bicyclic) bond motifs is 1. The van der Waals surface area contributed by atoms with Gasteiger partial charge in [0.05, 0.1) is 0 Å². The minimum Gasteiger partial charge on any atom is -0.478 e. The third-order valence-electron chi connectivity index (χ3n) is 3.79. The van der Waals surface area contributed by atoms with Crippen molar-refractivity contribution in [3.63, 3.8) is 0 Å². The van der Waals surface area contributed by atoms with E-state index in [0.717, 1.165) is 25.9 Å². The Morgan fingerprint density at radius 2 is 1.71 bits per heavy atom. The Hall–Kier alpha value is -2.07. The van der Waals surface area contributed by atoms with E-state index >= 15 is 0 Å². The van der Waals surface area contributed by atoms with Gasteiger partial charge < -0.3 is 10.0 Å². The van der Waals surface area contributed by atoms with Gasteiger partial charge in [-0.05, 0) is 36.1 Å². The highest BCUT2D eigenvalue weighted by atomic mass is 35.5.